The SMILES string of the molecule is CC(C)(C)OC(=O)N1C(C(N)=O)CC2CCCC21. The van der Waals surface area contributed by atoms with Crippen LogP contribution in [0.5, 0.6) is 0 Å². The largest absolute Gasteiger partial charge is 0.444 e. The third kappa shape index (κ3) is 2.44. The maximum absolute atomic E-state index is 12.2. The van der Waals surface area contributed by atoms with E-state index in [4.69, 9.17) is 10.5 Å². The molecule has 3 unspecified atom stereocenters. The molecule has 2 aliphatic rings. The zero-order valence-electron chi connectivity index (χ0n) is 11.3. The first kappa shape index (κ1) is 13.2. The van der Waals surface area contributed by atoms with E-state index in [1.807, 2.05) is 20.8 Å². The van der Waals surface area contributed by atoms with Crippen LogP contribution in [-0.2, 0) is 9.53 Å². The summed E-state index contributed by atoms with van der Waals surface area (Å²) < 4.78 is 5.39. The van der Waals surface area contributed by atoms with Gasteiger partial charge in [-0.3, -0.25) is 9.69 Å². The van der Waals surface area contributed by atoms with Crippen molar-refractivity contribution in [2.45, 2.75) is 64.1 Å². The summed E-state index contributed by atoms with van der Waals surface area (Å²) >= 11 is 0. The molecule has 1 heterocycles. The van der Waals surface area contributed by atoms with E-state index in [-0.39, 0.29) is 6.04 Å². The van der Waals surface area contributed by atoms with Crippen molar-refractivity contribution in [2.24, 2.45) is 11.7 Å². The summed E-state index contributed by atoms with van der Waals surface area (Å²) in [7, 11) is 0. The molecular weight excluding hydrogens is 232 g/mol. The lowest BCUT2D eigenvalue weighted by Gasteiger charge is -2.31. The van der Waals surface area contributed by atoms with Crippen LogP contribution in [0.2, 0.25) is 0 Å². The number of carbonyl (C=O) groups is 2. The molecule has 0 radical (unpaired) electrons. The van der Waals surface area contributed by atoms with Crippen LogP contribution in [0, 0.1) is 5.92 Å². The number of nitrogens with two attached hydrogens (primary N) is 1. The summed E-state index contributed by atoms with van der Waals surface area (Å²) in [6.45, 7) is 5.48. The summed E-state index contributed by atoms with van der Waals surface area (Å²) in [4.78, 5) is 25.3. The smallest absolute Gasteiger partial charge is 0.411 e. The van der Waals surface area contributed by atoms with Gasteiger partial charge in [-0.25, -0.2) is 4.79 Å². The van der Waals surface area contributed by atoms with Crippen LogP contribution in [0.25, 0.3) is 0 Å². The monoisotopic (exact) mass is 254 g/mol. The van der Waals surface area contributed by atoms with Gasteiger partial charge in [0.25, 0.3) is 0 Å². The van der Waals surface area contributed by atoms with Crippen molar-refractivity contribution in [1.82, 2.24) is 4.90 Å². The van der Waals surface area contributed by atoms with Crippen LogP contribution in [-0.4, -0.2) is 34.6 Å². The number of nitrogens with zero attached hydrogens (tertiary/aromatic N) is 1. The Bertz CT molecular complexity index is 362. The van der Waals surface area contributed by atoms with Gasteiger partial charge in [0, 0.05) is 6.04 Å². The van der Waals surface area contributed by atoms with Crippen LogP contribution in [0.1, 0.15) is 46.5 Å². The van der Waals surface area contributed by atoms with E-state index in [0.717, 1.165) is 19.3 Å². The molecule has 0 aromatic rings. The maximum Gasteiger partial charge on any atom is 0.411 e. The molecule has 5 nitrogen and oxygen atoms in total. The van der Waals surface area contributed by atoms with E-state index in [1.54, 1.807) is 4.90 Å². The molecule has 0 aromatic carbocycles. The Morgan fingerprint density at radius 2 is 1.94 bits per heavy atom. The normalized spacial score (nSPS) is 31.3. The molecule has 1 saturated carbocycles. The highest BCUT2D eigenvalue weighted by Crippen LogP contribution is 2.41. The third-order valence-electron chi connectivity index (χ3n) is 3.77. The topological polar surface area (TPSA) is 72.6 Å². The lowest BCUT2D eigenvalue weighted by atomic mass is 10.0. The molecule has 5 heteroatoms. The molecule has 1 saturated heterocycles. The van der Waals surface area contributed by atoms with Crippen LogP contribution in [0.3, 0.4) is 0 Å². The fourth-order valence-corrected chi connectivity index (χ4v) is 3.12. The van der Waals surface area contributed by atoms with Crippen LogP contribution >= 0.6 is 0 Å². The van der Waals surface area contributed by atoms with Gasteiger partial charge in [-0.05, 0) is 46.0 Å². The van der Waals surface area contributed by atoms with Gasteiger partial charge in [0.05, 0.1) is 0 Å². The highest BCUT2D eigenvalue weighted by Gasteiger charge is 2.49. The van der Waals surface area contributed by atoms with Crippen LogP contribution < -0.4 is 5.73 Å². The standard InChI is InChI=1S/C13H22N2O3/c1-13(2,3)18-12(17)15-9-6-4-5-8(9)7-10(15)11(14)16/h8-10H,4-7H2,1-3H3,(H2,14,16). The number of primary amides is 1. The van der Waals surface area contributed by atoms with Gasteiger partial charge in [-0.1, -0.05) is 6.42 Å². The van der Waals surface area contributed by atoms with E-state index in [2.05, 4.69) is 0 Å². The van der Waals surface area contributed by atoms with Gasteiger partial charge in [0.2, 0.25) is 5.91 Å². The number of hydrogen-bond donors (Lipinski definition) is 1. The number of ether oxygens (including phenoxy) is 1. The summed E-state index contributed by atoms with van der Waals surface area (Å²) in [5.74, 6) is -0.00900. The second-order valence-electron chi connectivity index (χ2n) is 6.30. The number of hydrogen-bond acceptors (Lipinski definition) is 3. The lowest BCUT2D eigenvalue weighted by molar-refractivity contribution is -0.122. The fraction of sp³-hybridized carbons (Fsp3) is 0.846. The number of likely N-dealkylation sites (tertiary alicyclic amines) is 1. The van der Waals surface area contributed by atoms with Crippen LogP contribution in [0.4, 0.5) is 4.79 Å². The number of rotatable bonds is 1. The Morgan fingerprint density at radius 1 is 1.28 bits per heavy atom. The summed E-state index contributed by atoms with van der Waals surface area (Å²) in [5.41, 5.74) is 4.86. The average Bonchev–Trinajstić information content (AvgIpc) is 2.70. The number of carbonyl (C=O) groups excluding carboxylic acids is 2. The van der Waals surface area contributed by atoms with Crippen molar-refractivity contribution in [2.75, 3.05) is 0 Å². The first-order valence-corrected chi connectivity index (χ1v) is 6.60. The predicted octanol–water partition coefficient (Wildman–Crippen LogP) is 1.65. The molecule has 1 aliphatic heterocycles. The van der Waals surface area contributed by atoms with Gasteiger partial charge in [-0.15, -0.1) is 0 Å². The first-order chi connectivity index (χ1) is 8.29. The Hall–Kier alpha value is -1.26. The van der Waals surface area contributed by atoms with E-state index in [1.165, 1.54) is 0 Å². The lowest BCUT2D eigenvalue weighted by Crippen LogP contribution is -2.49. The second-order valence-corrected chi connectivity index (χ2v) is 6.30. The van der Waals surface area contributed by atoms with E-state index < -0.39 is 23.6 Å². The summed E-state index contributed by atoms with van der Waals surface area (Å²) in [6, 6.07) is -0.354. The molecule has 0 spiro atoms. The molecule has 1 aliphatic carbocycles. The predicted molar refractivity (Wildman–Crippen MR) is 66.8 cm³/mol. The van der Waals surface area contributed by atoms with Crippen LogP contribution in [0.15, 0.2) is 0 Å². The van der Waals surface area contributed by atoms with Crippen molar-refractivity contribution in [1.29, 1.82) is 0 Å². The van der Waals surface area contributed by atoms with Gasteiger partial charge < -0.3 is 10.5 Å². The molecular formula is C13H22N2O3. The highest BCUT2D eigenvalue weighted by atomic mass is 16.6. The van der Waals surface area contributed by atoms with E-state index >= 15 is 0 Å². The number of fused-ring (bicyclic) bond motifs is 1. The second kappa shape index (κ2) is 4.44. The molecule has 18 heavy (non-hydrogen) atoms. The fourth-order valence-electron chi connectivity index (χ4n) is 3.12. The van der Waals surface area contributed by atoms with Crippen molar-refractivity contribution in [3.63, 3.8) is 0 Å². The van der Waals surface area contributed by atoms with Gasteiger partial charge >= 0.3 is 6.09 Å². The molecule has 2 N–H and O–H groups in total. The minimum absolute atomic E-state index is 0.136. The maximum atomic E-state index is 12.2. The molecule has 2 rings (SSSR count). The summed E-state index contributed by atoms with van der Waals surface area (Å²) in [5, 5.41) is 0. The van der Waals surface area contributed by atoms with Gasteiger partial charge in [0.1, 0.15) is 11.6 Å². The van der Waals surface area contributed by atoms with Crippen molar-refractivity contribution in [3.8, 4) is 0 Å². The molecule has 0 aromatic heterocycles. The molecule has 102 valence electrons. The Balaban J connectivity index is 2.16. The Labute approximate surface area is 108 Å². The Morgan fingerprint density at radius 3 is 2.50 bits per heavy atom. The number of amides is 2. The van der Waals surface area contributed by atoms with E-state index in [9.17, 15) is 9.59 Å². The zero-order chi connectivity index (χ0) is 13.5. The van der Waals surface area contributed by atoms with Crippen molar-refractivity contribution in [3.05, 3.63) is 0 Å². The van der Waals surface area contributed by atoms with Crippen molar-refractivity contribution < 1.29 is 14.3 Å². The zero-order valence-corrected chi connectivity index (χ0v) is 11.3. The molecule has 2 amide bonds. The minimum Gasteiger partial charge on any atom is -0.444 e. The molecule has 3 atom stereocenters. The Kier molecular flexibility index (Phi) is 3.25. The molecule has 0 bridgehead atoms. The van der Waals surface area contributed by atoms with E-state index in [0.29, 0.717) is 12.3 Å². The third-order valence-corrected chi connectivity index (χ3v) is 3.77. The summed E-state index contributed by atoms with van der Waals surface area (Å²) in [6.07, 6.45) is 3.43. The quantitative estimate of drug-likeness (QED) is 0.773. The first-order valence-electron chi connectivity index (χ1n) is 6.60. The van der Waals surface area contributed by atoms with Gasteiger partial charge in [0.15, 0.2) is 0 Å². The van der Waals surface area contributed by atoms with Crippen molar-refractivity contribution >= 4 is 12.0 Å². The highest BCUT2D eigenvalue weighted by molar-refractivity contribution is 5.85. The average molecular weight is 254 g/mol. The van der Waals surface area contributed by atoms with Gasteiger partial charge in [-0.2, -0.15) is 0 Å². The molecule has 2 fully saturated rings. The minimum atomic E-state index is -0.546.